The van der Waals surface area contributed by atoms with Crippen LogP contribution in [0.2, 0.25) is 0 Å². The first-order valence-corrected chi connectivity index (χ1v) is 12.3. The lowest BCUT2D eigenvalue weighted by molar-refractivity contribution is -0.122. The van der Waals surface area contributed by atoms with Crippen LogP contribution < -0.4 is 10.2 Å². The molecule has 1 N–H and O–H groups in total. The number of rotatable bonds is 5. The fraction of sp³-hybridized carbons (Fsp3) is 0.333. The van der Waals surface area contributed by atoms with Gasteiger partial charge in [-0.15, -0.1) is 23.2 Å². The highest BCUT2D eigenvalue weighted by Crippen LogP contribution is 2.43. The van der Waals surface area contributed by atoms with E-state index in [0.717, 1.165) is 14.9 Å². The number of alkyl halides is 2. The quantitative estimate of drug-likeness (QED) is 0.322. The van der Waals surface area contributed by atoms with Crippen LogP contribution in [0.3, 0.4) is 0 Å². The number of esters is 1. The molecule has 3 amide bonds. The van der Waals surface area contributed by atoms with Gasteiger partial charge in [0.25, 0.3) is 5.91 Å². The van der Waals surface area contributed by atoms with Crippen LogP contribution in [0.25, 0.3) is 0 Å². The molecule has 1 aliphatic carbocycles. The third-order valence-electron chi connectivity index (χ3n) is 6.03. The molecule has 0 unspecified atom stereocenters. The number of ether oxygens (including phenoxy) is 1. The summed E-state index contributed by atoms with van der Waals surface area (Å²) in [6.07, 6.45) is 0.659. The molecule has 1 aliphatic heterocycles. The number of aryl methyl sites for hydroxylation is 1. The van der Waals surface area contributed by atoms with E-state index in [4.69, 9.17) is 27.9 Å². The Morgan fingerprint density at radius 2 is 1.71 bits per heavy atom. The van der Waals surface area contributed by atoms with Crippen LogP contribution in [0.1, 0.15) is 28.8 Å². The van der Waals surface area contributed by atoms with Crippen molar-refractivity contribution in [1.82, 2.24) is 0 Å². The number of hydrogen-bond donors (Lipinski definition) is 1. The van der Waals surface area contributed by atoms with Crippen LogP contribution in [0, 0.1) is 18.8 Å². The van der Waals surface area contributed by atoms with E-state index < -0.39 is 30.3 Å². The van der Waals surface area contributed by atoms with Gasteiger partial charge in [0, 0.05) is 10.2 Å². The number of nitrogens with one attached hydrogen (secondary N) is 1. The maximum Gasteiger partial charge on any atom is 0.338 e. The Morgan fingerprint density at radius 1 is 1.06 bits per heavy atom. The van der Waals surface area contributed by atoms with Gasteiger partial charge < -0.3 is 10.1 Å². The summed E-state index contributed by atoms with van der Waals surface area (Å²) >= 11 is 15.8. The molecule has 34 heavy (non-hydrogen) atoms. The van der Waals surface area contributed by atoms with Gasteiger partial charge in [0.05, 0.1) is 33.8 Å². The van der Waals surface area contributed by atoms with Crippen molar-refractivity contribution in [2.24, 2.45) is 11.8 Å². The average Bonchev–Trinajstić information content (AvgIpc) is 3.04. The number of carbonyl (C=O) groups excluding carboxylic acids is 4. The van der Waals surface area contributed by atoms with Gasteiger partial charge in [-0.25, -0.2) is 4.79 Å². The number of carbonyl (C=O) groups is 4. The summed E-state index contributed by atoms with van der Waals surface area (Å²) < 4.78 is 6.04. The highest BCUT2D eigenvalue weighted by molar-refractivity contribution is 9.10. The Balaban J connectivity index is 1.41. The van der Waals surface area contributed by atoms with Crippen molar-refractivity contribution >= 4 is 74.2 Å². The predicted octanol–water partition coefficient (Wildman–Crippen LogP) is 4.67. The fourth-order valence-electron chi connectivity index (χ4n) is 4.26. The first kappa shape index (κ1) is 24.7. The van der Waals surface area contributed by atoms with Crippen molar-refractivity contribution in [1.29, 1.82) is 0 Å². The van der Waals surface area contributed by atoms with Gasteiger partial charge in [-0.05, 0) is 61.7 Å². The minimum Gasteiger partial charge on any atom is -0.452 e. The van der Waals surface area contributed by atoms with E-state index in [-0.39, 0.29) is 33.8 Å². The molecule has 1 saturated heterocycles. The molecule has 2 aliphatic rings. The maximum atomic E-state index is 12.9. The molecule has 1 saturated carbocycles. The van der Waals surface area contributed by atoms with Gasteiger partial charge in [-0.2, -0.15) is 0 Å². The Labute approximate surface area is 214 Å². The van der Waals surface area contributed by atoms with Crippen LogP contribution in [0.4, 0.5) is 11.4 Å². The summed E-state index contributed by atoms with van der Waals surface area (Å²) in [4.78, 5) is 51.7. The monoisotopic (exact) mass is 566 g/mol. The number of anilines is 2. The van der Waals surface area contributed by atoms with E-state index in [1.807, 2.05) is 6.92 Å². The normalized spacial score (nSPS) is 24.1. The Bertz CT molecular complexity index is 1150. The van der Waals surface area contributed by atoms with E-state index >= 15 is 0 Å². The topological polar surface area (TPSA) is 92.8 Å². The van der Waals surface area contributed by atoms with E-state index in [9.17, 15) is 19.2 Å². The number of benzene rings is 2. The Morgan fingerprint density at radius 3 is 2.32 bits per heavy atom. The lowest BCUT2D eigenvalue weighted by atomic mass is 9.80. The second-order valence-electron chi connectivity index (χ2n) is 8.37. The summed E-state index contributed by atoms with van der Waals surface area (Å²) in [6, 6.07) is 11.3. The van der Waals surface area contributed by atoms with Gasteiger partial charge in [0.15, 0.2) is 6.61 Å². The number of hydrogen-bond acceptors (Lipinski definition) is 5. The SMILES string of the molecule is Cc1cc(NC(=O)COC(=O)c2cccc(N3C(=O)[C@@H]4C[C@@H](Cl)[C@@H](Cl)C[C@H]4C3=O)c2)ccc1Br. The van der Waals surface area contributed by atoms with Crippen LogP contribution in [0.5, 0.6) is 0 Å². The van der Waals surface area contributed by atoms with Crippen molar-refractivity contribution in [3.63, 3.8) is 0 Å². The number of fused-ring (bicyclic) bond motifs is 1. The summed E-state index contributed by atoms with van der Waals surface area (Å²) in [6.45, 7) is 1.40. The van der Waals surface area contributed by atoms with E-state index in [1.165, 1.54) is 12.1 Å². The fourth-order valence-corrected chi connectivity index (χ4v) is 5.09. The summed E-state index contributed by atoms with van der Waals surface area (Å²) in [7, 11) is 0. The minimum absolute atomic E-state index is 0.116. The second kappa shape index (κ2) is 10.1. The zero-order valence-electron chi connectivity index (χ0n) is 18.1. The molecule has 2 aromatic rings. The maximum absolute atomic E-state index is 12.9. The van der Waals surface area contributed by atoms with Gasteiger partial charge in [0.2, 0.25) is 11.8 Å². The van der Waals surface area contributed by atoms with E-state index in [2.05, 4.69) is 21.2 Å². The lowest BCUT2D eigenvalue weighted by Gasteiger charge is -2.28. The van der Waals surface area contributed by atoms with Crippen LogP contribution in [0.15, 0.2) is 46.9 Å². The largest absolute Gasteiger partial charge is 0.452 e. The highest BCUT2D eigenvalue weighted by atomic mass is 79.9. The molecule has 0 radical (unpaired) electrons. The summed E-state index contributed by atoms with van der Waals surface area (Å²) in [5, 5.41) is 1.90. The van der Waals surface area contributed by atoms with Crippen molar-refractivity contribution < 1.29 is 23.9 Å². The molecule has 0 bridgehead atoms. The number of amides is 3. The van der Waals surface area contributed by atoms with Crippen molar-refractivity contribution in [3.05, 3.63) is 58.1 Å². The van der Waals surface area contributed by atoms with Gasteiger partial charge >= 0.3 is 5.97 Å². The van der Waals surface area contributed by atoms with E-state index in [1.54, 1.807) is 30.3 Å². The first-order chi connectivity index (χ1) is 16.2. The zero-order chi connectivity index (χ0) is 24.6. The molecule has 1 heterocycles. The molecular formula is C24H21BrCl2N2O5. The summed E-state index contributed by atoms with van der Waals surface area (Å²) in [5.41, 5.74) is 1.91. The molecule has 4 atom stereocenters. The first-order valence-electron chi connectivity index (χ1n) is 10.6. The van der Waals surface area contributed by atoms with Crippen molar-refractivity contribution in [3.8, 4) is 0 Å². The van der Waals surface area contributed by atoms with Gasteiger partial charge in [-0.3, -0.25) is 19.3 Å². The molecule has 4 rings (SSSR count). The molecule has 7 nitrogen and oxygen atoms in total. The molecule has 2 fully saturated rings. The van der Waals surface area contributed by atoms with Crippen molar-refractivity contribution in [2.45, 2.75) is 30.5 Å². The Kier molecular flexibility index (Phi) is 7.31. The molecule has 0 spiro atoms. The summed E-state index contributed by atoms with van der Waals surface area (Å²) in [5.74, 6) is -2.98. The highest BCUT2D eigenvalue weighted by Gasteiger charge is 2.52. The number of nitrogens with zero attached hydrogens (tertiary/aromatic N) is 1. The second-order valence-corrected chi connectivity index (χ2v) is 10.3. The number of imide groups is 1. The number of halogens is 3. The average molecular weight is 568 g/mol. The van der Waals surface area contributed by atoms with Gasteiger partial charge in [0.1, 0.15) is 0 Å². The smallest absolute Gasteiger partial charge is 0.338 e. The molecule has 0 aromatic heterocycles. The minimum atomic E-state index is -0.748. The van der Waals surface area contributed by atoms with Crippen LogP contribution >= 0.6 is 39.1 Å². The molecular weight excluding hydrogens is 547 g/mol. The van der Waals surface area contributed by atoms with Crippen LogP contribution in [-0.4, -0.2) is 41.1 Å². The van der Waals surface area contributed by atoms with E-state index in [0.29, 0.717) is 18.5 Å². The molecule has 10 heteroatoms. The third-order valence-corrected chi connectivity index (χ3v) is 8.01. The van der Waals surface area contributed by atoms with Crippen LogP contribution in [-0.2, 0) is 19.1 Å². The standard InChI is InChI=1S/C24H21BrCl2N2O5/c1-12-7-14(5-6-18(12)25)28-21(30)11-34-24(33)13-3-2-4-15(8-13)29-22(31)16-9-19(26)20(27)10-17(16)23(29)32/h2-8,16-17,19-20H,9-11H2,1H3,(H,28,30)/t16-,17-,19-,20+/m1/s1. The zero-order valence-corrected chi connectivity index (χ0v) is 21.2. The van der Waals surface area contributed by atoms with Gasteiger partial charge in [-0.1, -0.05) is 22.0 Å². The lowest BCUT2D eigenvalue weighted by Crippen LogP contribution is -2.34. The molecule has 178 valence electrons. The molecule has 2 aromatic carbocycles. The van der Waals surface area contributed by atoms with Crippen molar-refractivity contribution in [2.75, 3.05) is 16.8 Å². The Hall–Kier alpha value is -2.42. The predicted molar refractivity (Wildman–Crippen MR) is 132 cm³/mol. The third kappa shape index (κ3) is 4.99.